The Bertz CT molecular complexity index is 123. The molecule has 2 heteroatoms. The fourth-order valence-corrected chi connectivity index (χ4v) is 2.16. The van der Waals surface area contributed by atoms with Gasteiger partial charge in [0.1, 0.15) is 0 Å². The maximum atomic E-state index is 5.44. The monoisotopic (exact) mass is 170 g/mol. The van der Waals surface area contributed by atoms with Crippen LogP contribution in [0.5, 0.6) is 0 Å². The number of nitrogens with two attached hydrogens (primary N) is 1. The molecule has 0 heterocycles. The number of rotatable bonds is 2. The highest BCUT2D eigenvalue weighted by Gasteiger charge is 2.19. The Hall–Kier alpha value is -0.0800. The molecule has 0 amide bonds. The van der Waals surface area contributed by atoms with Crippen molar-refractivity contribution in [3.63, 3.8) is 0 Å². The van der Waals surface area contributed by atoms with Gasteiger partial charge in [-0.05, 0) is 31.1 Å². The normalized spacial score (nSPS) is 32.0. The summed E-state index contributed by atoms with van der Waals surface area (Å²) in [6.45, 7) is 4.67. The molecule has 1 fully saturated rings. The molecule has 0 radical (unpaired) electrons. The number of hydrogen-bond donors (Lipinski definition) is 2. The van der Waals surface area contributed by atoms with Crippen LogP contribution in [0.3, 0.4) is 0 Å². The van der Waals surface area contributed by atoms with Crippen LogP contribution in [0.25, 0.3) is 0 Å². The molecule has 0 saturated heterocycles. The first-order valence-electron chi connectivity index (χ1n) is 5.20. The molecule has 0 aromatic heterocycles. The molecule has 0 aromatic carbocycles. The van der Waals surface area contributed by atoms with Crippen LogP contribution in [-0.2, 0) is 0 Å². The zero-order valence-corrected chi connectivity index (χ0v) is 8.34. The van der Waals surface area contributed by atoms with Crippen molar-refractivity contribution in [1.29, 1.82) is 0 Å². The van der Waals surface area contributed by atoms with Gasteiger partial charge in [0.25, 0.3) is 0 Å². The van der Waals surface area contributed by atoms with Gasteiger partial charge in [-0.1, -0.05) is 26.7 Å². The highest BCUT2D eigenvalue weighted by molar-refractivity contribution is 4.74. The molecule has 0 aromatic rings. The fraction of sp³-hybridized carbons (Fsp3) is 1.00. The molecule has 2 atom stereocenters. The van der Waals surface area contributed by atoms with Gasteiger partial charge in [-0.25, -0.2) is 0 Å². The summed E-state index contributed by atoms with van der Waals surface area (Å²) in [6.07, 6.45) is 6.62. The molecule has 0 spiro atoms. The van der Waals surface area contributed by atoms with Crippen molar-refractivity contribution in [3.05, 3.63) is 0 Å². The molecule has 1 aliphatic carbocycles. The molecule has 72 valence electrons. The van der Waals surface area contributed by atoms with E-state index in [1.54, 1.807) is 0 Å². The van der Waals surface area contributed by atoms with Crippen LogP contribution in [-0.4, -0.2) is 6.04 Å². The van der Waals surface area contributed by atoms with Gasteiger partial charge < -0.3 is 0 Å². The molecular formula is C10H22N2. The van der Waals surface area contributed by atoms with Gasteiger partial charge in [0.05, 0.1) is 0 Å². The van der Waals surface area contributed by atoms with E-state index in [2.05, 4.69) is 19.3 Å². The third-order valence-corrected chi connectivity index (χ3v) is 3.19. The lowest BCUT2D eigenvalue weighted by atomic mass is 9.89. The lowest BCUT2D eigenvalue weighted by Crippen LogP contribution is -2.34. The van der Waals surface area contributed by atoms with Crippen LogP contribution >= 0.6 is 0 Å². The van der Waals surface area contributed by atoms with Crippen LogP contribution in [0.4, 0.5) is 0 Å². The molecule has 2 unspecified atom stereocenters. The highest BCUT2D eigenvalue weighted by atomic mass is 15.2. The first-order valence-corrected chi connectivity index (χ1v) is 5.20. The Kier molecular flexibility index (Phi) is 4.02. The summed E-state index contributed by atoms with van der Waals surface area (Å²) in [6, 6.07) is 0.578. The SMILES string of the molecule is CC(C)C1CCCC(NN)CC1. The molecule has 1 rings (SSSR count). The summed E-state index contributed by atoms with van der Waals surface area (Å²) in [5, 5.41) is 0. The van der Waals surface area contributed by atoms with E-state index < -0.39 is 0 Å². The lowest BCUT2D eigenvalue weighted by molar-refractivity contribution is 0.338. The number of hydrogen-bond acceptors (Lipinski definition) is 2. The smallest absolute Gasteiger partial charge is 0.0210 e. The van der Waals surface area contributed by atoms with Crippen molar-refractivity contribution in [3.8, 4) is 0 Å². The predicted molar refractivity (Wildman–Crippen MR) is 52.5 cm³/mol. The lowest BCUT2D eigenvalue weighted by Gasteiger charge is -2.18. The molecule has 0 bridgehead atoms. The number of hydrazine groups is 1. The van der Waals surface area contributed by atoms with E-state index in [-0.39, 0.29) is 0 Å². The predicted octanol–water partition coefficient (Wildman–Crippen LogP) is 2.05. The summed E-state index contributed by atoms with van der Waals surface area (Å²) >= 11 is 0. The van der Waals surface area contributed by atoms with Crippen molar-refractivity contribution in [2.75, 3.05) is 0 Å². The quantitative estimate of drug-likeness (QED) is 0.378. The second kappa shape index (κ2) is 4.83. The number of nitrogens with one attached hydrogen (secondary N) is 1. The Morgan fingerprint density at radius 3 is 2.50 bits per heavy atom. The van der Waals surface area contributed by atoms with Crippen molar-refractivity contribution in [2.45, 2.75) is 52.0 Å². The van der Waals surface area contributed by atoms with E-state index in [9.17, 15) is 0 Å². The average Bonchev–Trinajstić information content (AvgIpc) is 2.28. The summed E-state index contributed by atoms with van der Waals surface area (Å²) in [7, 11) is 0. The highest BCUT2D eigenvalue weighted by Crippen LogP contribution is 2.28. The van der Waals surface area contributed by atoms with Crippen LogP contribution in [0.15, 0.2) is 0 Å². The van der Waals surface area contributed by atoms with E-state index in [0.717, 1.165) is 11.8 Å². The average molecular weight is 170 g/mol. The minimum Gasteiger partial charge on any atom is -0.271 e. The van der Waals surface area contributed by atoms with Gasteiger partial charge in [0, 0.05) is 6.04 Å². The van der Waals surface area contributed by atoms with Gasteiger partial charge in [-0.3, -0.25) is 11.3 Å². The zero-order valence-electron chi connectivity index (χ0n) is 8.34. The first-order chi connectivity index (χ1) is 5.74. The van der Waals surface area contributed by atoms with E-state index >= 15 is 0 Å². The van der Waals surface area contributed by atoms with Crippen LogP contribution < -0.4 is 11.3 Å². The zero-order chi connectivity index (χ0) is 8.97. The first kappa shape index (κ1) is 10.0. The fourth-order valence-electron chi connectivity index (χ4n) is 2.16. The largest absolute Gasteiger partial charge is 0.271 e. The molecule has 2 nitrogen and oxygen atoms in total. The minimum atomic E-state index is 0.578. The molecular weight excluding hydrogens is 148 g/mol. The topological polar surface area (TPSA) is 38.0 Å². The van der Waals surface area contributed by atoms with Crippen LogP contribution in [0, 0.1) is 11.8 Å². The molecule has 1 aliphatic rings. The van der Waals surface area contributed by atoms with Gasteiger partial charge in [-0.15, -0.1) is 0 Å². The van der Waals surface area contributed by atoms with Crippen LogP contribution in [0.2, 0.25) is 0 Å². The maximum Gasteiger partial charge on any atom is 0.0210 e. The van der Waals surface area contributed by atoms with E-state index in [0.29, 0.717) is 6.04 Å². The van der Waals surface area contributed by atoms with Crippen molar-refractivity contribution in [1.82, 2.24) is 5.43 Å². The summed E-state index contributed by atoms with van der Waals surface area (Å²) in [5.74, 6) is 7.23. The Morgan fingerprint density at radius 2 is 1.92 bits per heavy atom. The summed E-state index contributed by atoms with van der Waals surface area (Å²) in [5.41, 5.74) is 2.90. The van der Waals surface area contributed by atoms with Crippen molar-refractivity contribution >= 4 is 0 Å². The van der Waals surface area contributed by atoms with Crippen molar-refractivity contribution < 1.29 is 0 Å². The molecule has 1 saturated carbocycles. The Morgan fingerprint density at radius 1 is 1.17 bits per heavy atom. The Labute approximate surface area is 75.9 Å². The molecule has 0 aliphatic heterocycles. The van der Waals surface area contributed by atoms with Crippen LogP contribution in [0.1, 0.15) is 46.0 Å². The molecule has 12 heavy (non-hydrogen) atoms. The van der Waals surface area contributed by atoms with Gasteiger partial charge in [0.15, 0.2) is 0 Å². The Balaban J connectivity index is 2.34. The molecule has 3 N–H and O–H groups in total. The summed E-state index contributed by atoms with van der Waals surface area (Å²) < 4.78 is 0. The second-order valence-electron chi connectivity index (χ2n) is 4.38. The van der Waals surface area contributed by atoms with Gasteiger partial charge in [-0.2, -0.15) is 0 Å². The second-order valence-corrected chi connectivity index (χ2v) is 4.38. The third-order valence-electron chi connectivity index (χ3n) is 3.19. The van der Waals surface area contributed by atoms with Gasteiger partial charge in [0.2, 0.25) is 0 Å². The standard InChI is InChI=1S/C10H22N2/c1-8(2)9-4-3-5-10(12-11)7-6-9/h8-10,12H,3-7,11H2,1-2H3. The van der Waals surface area contributed by atoms with E-state index in [1.807, 2.05) is 0 Å². The van der Waals surface area contributed by atoms with E-state index in [1.165, 1.54) is 32.1 Å². The summed E-state index contributed by atoms with van der Waals surface area (Å²) in [4.78, 5) is 0. The maximum absolute atomic E-state index is 5.44. The third kappa shape index (κ3) is 2.76. The van der Waals surface area contributed by atoms with Crippen molar-refractivity contribution in [2.24, 2.45) is 17.7 Å². The van der Waals surface area contributed by atoms with E-state index in [4.69, 9.17) is 5.84 Å². The minimum absolute atomic E-state index is 0.578. The van der Waals surface area contributed by atoms with Gasteiger partial charge >= 0.3 is 0 Å².